The van der Waals surface area contributed by atoms with Crippen LogP contribution in [0.1, 0.15) is 5.56 Å². The van der Waals surface area contributed by atoms with Crippen LogP contribution in [-0.4, -0.2) is 22.9 Å². The summed E-state index contributed by atoms with van der Waals surface area (Å²) < 4.78 is 38.8. The van der Waals surface area contributed by atoms with Crippen molar-refractivity contribution in [3.05, 3.63) is 29.8 Å². The molecular weight excluding hydrogens is 291 g/mol. The number of hydrogen-bond acceptors (Lipinski definition) is 3. The van der Waals surface area contributed by atoms with Gasteiger partial charge in [-0.25, -0.2) is 4.90 Å². The van der Waals surface area contributed by atoms with E-state index in [-0.39, 0.29) is 0 Å². The van der Waals surface area contributed by atoms with Crippen molar-refractivity contribution in [3.63, 3.8) is 0 Å². The van der Waals surface area contributed by atoms with Gasteiger partial charge in [0.25, 0.3) is 0 Å². The highest BCUT2D eigenvalue weighted by atomic mass is 19.4. The molecular formula is C13H8F3NO4. The highest BCUT2D eigenvalue weighted by Crippen LogP contribution is 2.55. The van der Waals surface area contributed by atoms with E-state index in [4.69, 9.17) is 5.11 Å². The number of para-hydroxylation sites is 1. The maximum atomic E-state index is 12.9. The summed E-state index contributed by atoms with van der Waals surface area (Å²) in [6.07, 6.45) is -4.71. The van der Waals surface area contributed by atoms with Gasteiger partial charge in [-0.2, -0.15) is 13.2 Å². The molecule has 2 atom stereocenters. The van der Waals surface area contributed by atoms with Crippen molar-refractivity contribution in [2.24, 2.45) is 17.8 Å². The molecule has 21 heavy (non-hydrogen) atoms. The Bertz CT molecular complexity index is 648. The first-order chi connectivity index (χ1) is 9.75. The first kappa shape index (κ1) is 13.6. The summed E-state index contributed by atoms with van der Waals surface area (Å²) in [6.45, 7) is 0. The number of amides is 2. The Balaban J connectivity index is 2.00. The molecule has 3 rings (SSSR count). The van der Waals surface area contributed by atoms with E-state index < -0.39 is 53.0 Å². The van der Waals surface area contributed by atoms with Crippen LogP contribution < -0.4 is 4.90 Å². The van der Waals surface area contributed by atoms with E-state index in [0.717, 1.165) is 18.2 Å². The first-order valence-electron chi connectivity index (χ1n) is 6.02. The maximum absolute atomic E-state index is 12.9. The zero-order chi connectivity index (χ0) is 15.5. The number of carboxylic acids is 1. The Morgan fingerprint density at radius 3 is 2.10 bits per heavy atom. The van der Waals surface area contributed by atoms with Crippen molar-refractivity contribution in [2.45, 2.75) is 6.18 Å². The van der Waals surface area contributed by atoms with Crippen molar-refractivity contribution in [1.29, 1.82) is 0 Å². The van der Waals surface area contributed by atoms with Crippen molar-refractivity contribution in [3.8, 4) is 0 Å². The molecule has 1 N–H and O–H groups in total. The summed E-state index contributed by atoms with van der Waals surface area (Å²) >= 11 is 0. The summed E-state index contributed by atoms with van der Waals surface area (Å²) in [5.41, 5.74) is -1.64. The molecule has 2 amide bonds. The number of carboxylic acid groups (broad SMARTS) is 1. The van der Waals surface area contributed by atoms with Gasteiger partial charge < -0.3 is 5.11 Å². The first-order valence-corrected chi connectivity index (χ1v) is 6.02. The number of carbonyl (C=O) groups is 3. The normalized spacial score (nSPS) is 27.8. The molecule has 1 aromatic rings. The van der Waals surface area contributed by atoms with E-state index in [9.17, 15) is 27.6 Å². The second kappa shape index (κ2) is 4.06. The fraction of sp³-hybridized carbons (Fsp3) is 0.308. The topological polar surface area (TPSA) is 74.7 Å². The lowest BCUT2D eigenvalue weighted by Crippen LogP contribution is -2.37. The quantitative estimate of drug-likeness (QED) is 0.840. The van der Waals surface area contributed by atoms with Gasteiger partial charge in [0.15, 0.2) is 0 Å². The van der Waals surface area contributed by atoms with E-state index in [1.54, 1.807) is 0 Å². The highest BCUT2D eigenvalue weighted by molar-refractivity contribution is 6.27. The largest absolute Gasteiger partial charge is 0.481 e. The highest BCUT2D eigenvalue weighted by Gasteiger charge is 2.71. The minimum Gasteiger partial charge on any atom is -0.481 e. The van der Waals surface area contributed by atoms with Gasteiger partial charge in [0.1, 0.15) is 0 Å². The molecule has 0 aromatic heterocycles. The van der Waals surface area contributed by atoms with Crippen LogP contribution in [0.2, 0.25) is 0 Å². The predicted octanol–water partition coefficient (Wildman–Crippen LogP) is 1.53. The minimum atomic E-state index is -4.71. The summed E-state index contributed by atoms with van der Waals surface area (Å²) in [7, 11) is 0. The van der Waals surface area contributed by atoms with Crippen LogP contribution in [0.3, 0.4) is 0 Å². The molecule has 2 fully saturated rings. The third-order valence-corrected chi connectivity index (χ3v) is 3.77. The average Bonchev–Trinajstić information content (AvgIpc) is 3.08. The lowest BCUT2D eigenvalue weighted by atomic mass is 10.1. The van der Waals surface area contributed by atoms with Crippen LogP contribution in [-0.2, 0) is 20.6 Å². The van der Waals surface area contributed by atoms with E-state index in [2.05, 4.69) is 0 Å². The van der Waals surface area contributed by atoms with Crippen LogP contribution >= 0.6 is 0 Å². The number of alkyl halides is 3. The Morgan fingerprint density at radius 2 is 1.62 bits per heavy atom. The third-order valence-electron chi connectivity index (χ3n) is 3.77. The van der Waals surface area contributed by atoms with E-state index in [1.165, 1.54) is 6.07 Å². The zero-order valence-corrected chi connectivity index (χ0v) is 10.3. The number of carbonyl (C=O) groups excluding carboxylic acids is 2. The van der Waals surface area contributed by atoms with Gasteiger partial charge >= 0.3 is 12.1 Å². The molecule has 0 spiro atoms. The molecule has 1 saturated carbocycles. The van der Waals surface area contributed by atoms with E-state index in [0.29, 0.717) is 4.90 Å². The lowest BCUT2D eigenvalue weighted by molar-refractivity contribution is -0.142. The smallest absolute Gasteiger partial charge is 0.418 e. The molecule has 110 valence electrons. The van der Waals surface area contributed by atoms with Crippen LogP contribution in [0, 0.1) is 17.8 Å². The molecule has 1 heterocycles. The Morgan fingerprint density at radius 1 is 1.10 bits per heavy atom. The second-order valence-electron chi connectivity index (χ2n) is 4.94. The van der Waals surface area contributed by atoms with Crippen molar-refractivity contribution in [2.75, 3.05) is 4.90 Å². The lowest BCUT2D eigenvalue weighted by Gasteiger charge is -2.21. The number of piperidine rings is 1. The summed E-state index contributed by atoms with van der Waals surface area (Å²) in [5, 5.41) is 8.83. The Hall–Kier alpha value is -2.38. The monoisotopic (exact) mass is 299 g/mol. The number of halogens is 3. The van der Waals surface area contributed by atoms with Crippen molar-refractivity contribution < 1.29 is 32.7 Å². The molecule has 1 saturated heterocycles. The molecule has 0 bridgehead atoms. The van der Waals surface area contributed by atoms with Gasteiger partial charge in [0.2, 0.25) is 11.8 Å². The number of nitrogens with zero attached hydrogens (tertiary/aromatic N) is 1. The molecule has 1 aliphatic carbocycles. The fourth-order valence-electron chi connectivity index (χ4n) is 2.79. The average molecular weight is 299 g/mol. The van der Waals surface area contributed by atoms with Gasteiger partial charge in [-0.1, -0.05) is 12.1 Å². The van der Waals surface area contributed by atoms with Gasteiger partial charge in [-0.15, -0.1) is 0 Å². The second-order valence-corrected chi connectivity index (χ2v) is 4.94. The molecule has 2 aliphatic rings. The third kappa shape index (κ3) is 1.82. The predicted molar refractivity (Wildman–Crippen MR) is 62.0 cm³/mol. The number of benzene rings is 1. The minimum absolute atomic E-state index is 0.456. The van der Waals surface area contributed by atoms with Gasteiger partial charge in [0.05, 0.1) is 29.0 Å². The number of hydrogen-bond donors (Lipinski definition) is 1. The van der Waals surface area contributed by atoms with E-state index in [1.807, 2.05) is 0 Å². The number of aliphatic carboxylic acids is 1. The molecule has 5 nitrogen and oxygen atoms in total. The molecule has 1 aliphatic heterocycles. The summed E-state index contributed by atoms with van der Waals surface area (Å²) in [6, 6.07) is 4.23. The SMILES string of the molecule is O=C(O)C1C2C(=O)N(c3ccccc3C(F)(F)F)C(=O)C12. The standard InChI is InChI=1S/C13H8F3NO4/c14-13(15,16)5-3-1-2-4-6(5)17-10(18)7-8(11(17)19)9(7)12(20)21/h1-4,7-9H,(H,20,21). The van der Waals surface area contributed by atoms with E-state index >= 15 is 0 Å². The summed E-state index contributed by atoms with van der Waals surface area (Å²) in [4.78, 5) is 35.3. The van der Waals surface area contributed by atoms with Crippen LogP contribution in [0.4, 0.5) is 18.9 Å². The Labute approximate surface area is 116 Å². The maximum Gasteiger partial charge on any atom is 0.418 e. The number of anilines is 1. The number of fused-ring (bicyclic) bond motifs is 1. The Kier molecular flexibility index (Phi) is 2.63. The molecule has 8 heteroatoms. The van der Waals surface area contributed by atoms with Crippen LogP contribution in [0.25, 0.3) is 0 Å². The molecule has 1 aromatic carbocycles. The van der Waals surface area contributed by atoms with Gasteiger partial charge in [-0.05, 0) is 12.1 Å². The van der Waals surface area contributed by atoms with Gasteiger partial charge in [-0.3, -0.25) is 14.4 Å². The van der Waals surface area contributed by atoms with Crippen molar-refractivity contribution >= 4 is 23.5 Å². The van der Waals surface area contributed by atoms with Crippen LogP contribution in [0.5, 0.6) is 0 Å². The van der Waals surface area contributed by atoms with Gasteiger partial charge in [0, 0.05) is 0 Å². The van der Waals surface area contributed by atoms with Crippen LogP contribution in [0.15, 0.2) is 24.3 Å². The fourth-order valence-corrected chi connectivity index (χ4v) is 2.79. The summed E-state index contributed by atoms with van der Waals surface area (Å²) in [5.74, 6) is -6.24. The zero-order valence-electron chi connectivity index (χ0n) is 10.3. The molecule has 2 unspecified atom stereocenters. The molecule has 0 radical (unpaired) electrons. The number of rotatable bonds is 2. The van der Waals surface area contributed by atoms with Crippen molar-refractivity contribution in [1.82, 2.24) is 0 Å². The number of imide groups is 1.